The molecule has 3 rings (SSSR count). The van der Waals surface area contributed by atoms with E-state index in [4.69, 9.17) is 0 Å². The van der Waals surface area contributed by atoms with Gasteiger partial charge < -0.3 is 10.2 Å². The van der Waals surface area contributed by atoms with Gasteiger partial charge in [-0.2, -0.15) is 0 Å². The van der Waals surface area contributed by atoms with Crippen molar-refractivity contribution in [2.24, 2.45) is 5.92 Å². The average Bonchev–Trinajstić information content (AvgIpc) is 2.88. The number of aromatic nitrogens is 2. The van der Waals surface area contributed by atoms with Gasteiger partial charge in [0.2, 0.25) is 0 Å². The van der Waals surface area contributed by atoms with E-state index >= 15 is 0 Å². The molecule has 19 heavy (non-hydrogen) atoms. The minimum atomic E-state index is 0.119. The summed E-state index contributed by atoms with van der Waals surface area (Å²) in [5.41, 5.74) is 0.759. The zero-order valence-electron chi connectivity index (χ0n) is 11.3. The van der Waals surface area contributed by atoms with Crippen LogP contribution < -0.4 is 5.32 Å². The molecule has 2 fully saturated rings. The van der Waals surface area contributed by atoms with E-state index in [1.807, 2.05) is 11.8 Å². The summed E-state index contributed by atoms with van der Waals surface area (Å²) in [4.78, 5) is 15.3. The SMILES string of the molecule is Cc1nnsc1C(=O)N(CC1CC1)CC1CCCN1. The van der Waals surface area contributed by atoms with Gasteiger partial charge in [-0.15, -0.1) is 5.10 Å². The number of hydrogen-bond donors (Lipinski definition) is 1. The van der Waals surface area contributed by atoms with Crippen molar-refractivity contribution < 1.29 is 4.79 Å². The summed E-state index contributed by atoms with van der Waals surface area (Å²) in [6.45, 7) is 4.66. The van der Waals surface area contributed by atoms with Crippen molar-refractivity contribution in [3.05, 3.63) is 10.6 Å². The van der Waals surface area contributed by atoms with Gasteiger partial charge in [0.25, 0.3) is 5.91 Å². The van der Waals surface area contributed by atoms with E-state index < -0.39 is 0 Å². The lowest BCUT2D eigenvalue weighted by molar-refractivity contribution is 0.0737. The third-order valence-corrected chi connectivity index (χ3v) is 4.73. The standard InChI is InChI=1S/C13H20N4OS/c1-9-12(19-16-15-9)13(18)17(7-10-4-5-10)8-11-3-2-6-14-11/h10-11,14H,2-8H2,1H3. The Bertz CT molecular complexity index is 451. The second kappa shape index (κ2) is 5.54. The molecule has 1 aromatic rings. The van der Waals surface area contributed by atoms with Gasteiger partial charge in [0.1, 0.15) is 4.88 Å². The summed E-state index contributed by atoms with van der Waals surface area (Å²) in [7, 11) is 0. The minimum absolute atomic E-state index is 0.119. The van der Waals surface area contributed by atoms with Crippen molar-refractivity contribution in [2.75, 3.05) is 19.6 Å². The quantitative estimate of drug-likeness (QED) is 0.887. The predicted octanol–water partition coefficient (Wildman–Crippen LogP) is 1.45. The molecule has 2 heterocycles. The molecule has 1 N–H and O–H groups in total. The maximum Gasteiger partial charge on any atom is 0.267 e. The minimum Gasteiger partial charge on any atom is -0.336 e. The fraction of sp³-hybridized carbons (Fsp3) is 0.769. The molecule has 1 atom stereocenters. The molecule has 1 aliphatic carbocycles. The van der Waals surface area contributed by atoms with Crippen LogP contribution in [0.2, 0.25) is 0 Å². The second-order valence-corrected chi connectivity index (χ2v) is 6.39. The largest absolute Gasteiger partial charge is 0.336 e. The maximum atomic E-state index is 12.6. The molecule has 0 radical (unpaired) electrons. The topological polar surface area (TPSA) is 58.1 Å². The molecule has 1 aromatic heterocycles. The van der Waals surface area contributed by atoms with Crippen molar-refractivity contribution in [1.82, 2.24) is 19.8 Å². The Labute approximate surface area is 117 Å². The van der Waals surface area contributed by atoms with Crippen LogP contribution in [0.4, 0.5) is 0 Å². The Hall–Kier alpha value is -1.01. The fourth-order valence-electron chi connectivity index (χ4n) is 2.60. The van der Waals surface area contributed by atoms with Crippen LogP contribution in [-0.2, 0) is 0 Å². The molecular formula is C13H20N4OS. The molecule has 1 amide bonds. The summed E-state index contributed by atoms with van der Waals surface area (Å²) in [6, 6.07) is 0.462. The number of nitrogens with one attached hydrogen (secondary N) is 1. The molecular weight excluding hydrogens is 260 g/mol. The smallest absolute Gasteiger partial charge is 0.267 e. The predicted molar refractivity (Wildman–Crippen MR) is 74.3 cm³/mol. The number of hydrogen-bond acceptors (Lipinski definition) is 5. The van der Waals surface area contributed by atoms with Gasteiger partial charge in [0.05, 0.1) is 5.69 Å². The average molecular weight is 280 g/mol. The van der Waals surface area contributed by atoms with Crippen LogP contribution >= 0.6 is 11.5 Å². The lowest BCUT2D eigenvalue weighted by Gasteiger charge is -2.25. The van der Waals surface area contributed by atoms with Crippen molar-refractivity contribution in [3.8, 4) is 0 Å². The highest BCUT2D eigenvalue weighted by Crippen LogP contribution is 2.30. The summed E-state index contributed by atoms with van der Waals surface area (Å²) >= 11 is 1.22. The Morgan fingerprint density at radius 3 is 2.84 bits per heavy atom. The zero-order chi connectivity index (χ0) is 13.2. The summed E-state index contributed by atoms with van der Waals surface area (Å²) < 4.78 is 3.88. The Kier molecular flexibility index (Phi) is 3.79. The van der Waals surface area contributed by atoms with E-state index in [1.165, 1.54) is 37.2 Å². The van der Waals surface area contributed by atoms with Gasteiger partial charge in [0, 0.05) is 19.1 Å². The van der Waals surface area contributed by atoms with Crippen LogP contribution in [0.25, 0.3) is 0 Å². The van der Waals surface area contributed by atoms with Gasteiger partial charge in [-0.25, -0.2) is 0 Å². The van der Waals surface area contributed by atoms with Gasteiger partial charge in [-0.05, 0) is 56.6 Å². The zero-order valence-corrected chi connectivity index (χ0v) is 12.1. The maximum absolute atomic E-state index is 12.6. The number of amides is 1. The molecule has 0 spiro atoms. The first-order chi connectivity index (χ1) is 9.24. The first-order valence-electron chi connectivity index (χ1n) is 7.05. The molecule has 0 aromatic carbocycles. The molecule has 1 aliphatic heterocycles. The van der Waals surface area contributed by atoms with Gasteiger partial charge >= 0.3 is 0 Å². The monoisotopic (exact) mass is 280 g/mol. The van der Waals surface area contributed by atoms with Crippen molar-refractivity contribution in [2.45, 2.75) is 38.6 Å². The van der Waals surface area contributed by atoms with Crippen LogP contribution in [0, 0.1) is 12.8 Å². The Morgan fingerprint density at radius 2 is 2.26 bits per heavy atom. The van der Waals surface area contributed by atoms with E-state index in [9.17, 15) is 4.79 Å². The van der Waals surface area contributed by atoms with E-state index in [-0.39, 0.29) is 5.91 Å². The van der Waals surface area contributed by atoms with E-state index in [0.717, 1.165) is 25.3 Å². The lowest BCUT2D eigenvalue weighted by Crippen LogP contribution is -2.42. The Morgan fingerprint density at radius 1 is 1.42 bits per heavy atom. The molecule has 1 saturated carbocycles. The first-order valence-corrected chi connectivity index (χ1v) is 7.83. The molecule has 0 bridgehead atoms. The number of carbonyl (C=O) groups is 1. The third-order valence-electron chi connectivity index (χ3n) is 3.91. The molecule has 5 nitrogen and oxygen atoms in total. The van der Waals surface area contributed by atoms with Crippen molar-refractivity contribution in [3.63, 3.8) is 0 Å². The van der Waals surface area contributed by atoms with Crippen LogP contribution in [0.1, 0.15) is 41.0 Å². The van der Waals surface area contributed by atoms with Gasteiger partial charge in [-0.1, -0.05) is 4.49 Å². The Balaban J connectivity index is 1.69. The highest BCUT2D eigenvalue weighted by molar-refractivity contribution is 7.07. The highest BCUT2D eigenvalue weighted by Gasteiger charge is 2.30. The second-order valence-electron chi connectivity index (χ2n) is 5.63. The van der Waals surface area contributed by atoms with Crippen LogP contribution in [0.3, 0.4) is 0 Å². The van der Waals surface area contributed by atoms with Gasteiger partial charge in [-0.3, -0.25) is 4.79 Å². The normalized spacial score (nSPS) is 22.7. The van der Waals surface area contributed by atoms with Crippen LogP contribution in [0.15, 0.2) is 0 Å². The summed E-state index contributed by atoms with van der Waals surface area (Å²) in [6.07, 6.45) is 4.93. The summed E-state index contributed by atoms with van der Waals surface area (Å²) in [5.74, 6) is 0.833. The fourth-order valence-corrected chi connectivity index (χ4v) is 3.23. The lowest BCUT2D eigenvalue weighted by atomic mass is 10.2. The van der Waals surface area contributed by atoms with Crippen LogP contribution in [0.5, 0.6) is 0 Å². The van der Waals surface area contributed by atoms with E-state index in [2.05, 4.69) is 14.9 Å². The molecule has 1 saturated heterocycles. The van der Waals surface area contributed by atoms with Gasteiger partial charge in [0.15, 0.2) is 0 Å². The molecule has 6 heteroatoms. The van der Waals surface area contributed by atoms with Crippen LogP contribution in [-0.4, -0.2) is 46.1 Å². The number of aryl methyl sites for hydroxylation is 1. The number of carbonyl (C=O) groups excluding carboxylic acids is 1. The van der Waals surface area contributed by atoms with E-state index in [1.54, 1.807) is 0 Å². The van der Waals surface area contributed by atoms with Crippen molar-refractivity contribution in [1.29, 1.82) is 0 Å². The summed E-state index contributed by atoms with van der Waals surface area (Å²) in [5, 5.41) is 7.43. The number of nitrogens with zero attached hydrogens (tertiary/aromatic N) is 3. The third kappa shape index (κ3) is 3.12. The van der Waals surface area contributed by atoms with Crippen molar-refractivity contribution >= 4 is 17.4 Å². The van der Waals surface area contributed by atoms with E-state index in [0.29, 0.717) is 16.8 Å². The first kappa shape index (κ1) is 13.0. The molecule has 1 unspecified atom stereocenters. The highest BCUT2D eigenvalue weighted by atomic mass is 32.1. The molecule has 2 aliphatic rings. The number of rotatable bonds is 5. The molecule has 104 valence electrons.